The van der Waals surface area contributed by atoms with Crippen LogP contribution in [0.1, 0.15) is 85.1 Å². The van der Waals surface area contributed by atoms with Gasteiger partial charge in [0.05, 0.1) is 0 Å². The van der Waals surface area contributed by atoms with Gasteiger partial charge in [0, 0.05) is 51.4 Å². The number of nitrogens with two attached hydrogens (primary N) is 1. The number of benzene rings is 2. The molecule has 2 aliphatic rings. The molecule has 0 atom stereocenters. The summed E-state index contributed by atoms with van der Waals surface area (Å²) in [6.07, 6.45) is -1.44. The highest BCUT2D eigenvalue weighted by Crippen LogP contribution is 2.41. The summed E-state index contributed by atoms with van der Waals surface area (Å²) in [4.78, 5) is 45.5. The molecule has 228 valence electrons. The third kappa shape index (κ3) is 7.22. The molecule has 0 bridgehead atoms. The van der Waals surface area contributed by atoms with Crippen LogP contribution in [0, 0.1) is 6.92 Å². The first-order valence-electron chi connectivity index (χ1n) is 14.6. The lowest BCUT2D eigenvalue weighted by Crippen LogP contribution is -2.43. The summed E-state index contributed by atoms with van der Waals surface area (Å²) in [7, 11) is 2.14. The van der Waals surface area contributed by atoms with Crippen LogP contribution in [0.2, 0.25) is 0 Å². The molecule has 0 aliphatic carbocycles. The second-order valence-corrected chi connectivity index (χ2v) is 12.3. The molecule has 42 heavy (non-hydrogen) atoms. The molecule has 2 heterocycles. The second kappa shape index (κ2) is 12.7. The van der Waals surface area contributed by atoms with Crippen LogP contribution >= 0.6 is 0 Å². The molecule has 2 N–H and O–H groups in total. The van der Waals surface area contributed by atoms with Gasteiger partial charge in [0.15, 0.2) is 11.5 Å². The fourth-order valence-electron chi connectivity index (χ4n) is 5.50. The van der Waals surface area contributed by atoms with Gasteiger partial charge in [-0.05, 0) is 68.5 Å². The van der Waals surface area contributed by atoms with E-state index in [0.717, 1.165) is 43.9 Å². The van der Waals surface area contributed by atoms with Gasteiger partial charge in [-0.3, -0.25) is 9.69 Å². The zero-order chi connectivity index (χ0) is 30.8. The summed E-state index contributed by atoms with van der Waals surface area (Å²) in [6.45, 7) is 16.8. The van der Waals surface area contributed by atoms with Crippen LogP contribution in [0.15, 0.2) is 24.3 Å². The van der Waals surface area contributed by atoms with Crippen LogP contribution in [-0.4, -0.2) is 71.7 Å². The second-order valence-electron chi connectivity index (χ2n) is 12.3. The molecule has 0 radical (unpaired) electrons. The highest BCUT2D eigenvalue weighted by Gasteiger charge is 2.34. The van der Waals surface area contributed by atoms with Crippen molar-refractivity contribution in [2.45, 2.75) is 79.1 Å². The van der Waals surface area contributed by atoms with Crippen LogP contribution in [0.3, 0.4) is 0 Å². The monoisotopic (exact) mass is 580 g/mol. The summed E-state index contributed by atoms with van der Waals surface area (Å²) in [5, 5.41) is 0. The van der Waals surface area contributed by atoms with Gasteiger partial charge >= 0.3 is 12.2 Å². The third-order valence-electron chi connectivity index (χ3n) is 8.17. The number of aryl methyl sites for hydroxylation is 1. The molecular weight excluding hydrogens is 536 g/mol. The van der Waals surface area contributed by atoms with E-state index >= 15 is 0 Å². The van der Waals surface area contributed by atoms with E-state index in [4.69, 9.17) is 19.9 Å². The number of primary amides is 1. The van der Waals surface area contributed by atoms with Crippen LogP contribution in [0.4, 0.5) is 9.59 Å². The molecule has 10 nitrogen and oxygen atoms in total. The summed E-state index contributed by atoms with van der Waals surface area (Å²) in [6, 6.07) is 7.98. The number of carbonyl (C=O) groups excluding carboxylic acids is 3. The van der Waals surface area contributed by atoms with E-state index in [2.05, 4.69) is 35.0 Å². The number of piperazine rings is 1. The Labute approximate surface area is 248 Å². The van der Waals surface area contributed by atoms with Gasteiger partial charge in [-0.15, -0.1) is 0 Å². The first kappa shape index (κ1) is 31.3. The minimum atomic E-state index is -1.06. The molecule has 0 saturated carbocycles. The molecular formula is C32H44N4O6. The Bertz CT molecular complexity index is 1350. The number of amides is 2. The van der Waals surface area contributed by atoms with Crippen molar-refractivity contribution < 1.29 is 28.6 Å². The van der Waals surface area contributed by atoms with Gasteiger partial charge in [-0.2, -0.15) is 0 Å². The normalized spacial score (nSPS) is 16.0. The van der Waals surface area contributed by atoms with Crippen LogP contribution < -0.4 is 15.2 Å². The Balaban J connectivity index is 1.66. The molecule has 0 aromatic heterocycles. The van der Waals surface area contributed by atoms with Gasteiger partial charge < -0.3 is 29.7 Å². The number of fused-ring (bicyclic) bond motifs is 1. The number of hydrogen-bond donors (Lipinski definition) is 1. The molecule has 0 unspecified atom stereocenters. The molecule has 2 aliphatic heterocycles. The summed E-state index contributed by atoms with van der Waals surface area (Å²) >= 11 is 0. The number of hydrogen-bond acceptors (Lipinski definition) is 8. The quantitative estimate of drug-likeness (QED) is 0.335. The summed E-state index contributed by atoms with van der Waals surface area (Å²) < 4.78 is 16.6. The van der Waals surface area contributed by atoms with Gasteiger partial charge in [-0.1, -0.05) is 39.0 Å². The van der Waals surface area contributed by atoms with Gasteiger partial charge in [0.1, 0.15) is 11.2 Å². The largest absolute Gasteiger partial charge is 0.514 e. The molecule has 0 spiro atoms. The Morgan fingerprint density at radius 3 is 2.29 bits per heavy atom. The van der Waals surface area contributed by atoms with Crippen molar-refractivity contribution in [1.29, 1.82) is 0 Å². The van der Waals surface area contributed by atoms with Crippen molar-refractivity contribution in [3.05, 3.63) is 57.6 Å². The molecule has 4 rings (SSSR count). The van der Waals surface area contributed by atoms with Crippen LogP contribution in [0.25, 0.3) is 0 Å². The highest BCUT2D eigenvalue weighted by atomic mass is 16.7. The fraction of sp³-hybridized carbons (Fsp3) is 0.531. The van der Waals surface area contributed by atoms with Crippen molar-refractivity contribution in [3.8, 4) is 11.5 Å². The Morgan fingerprint density at radius 1 is 1.00 bits per heavy atom. The lowest BCUT2D eigenvalue weighted by atomic mass is 9.93. The SMILES string of the molecule is CCC(C)(C)OC(=O)Oc1cc(C)c(C(C)C)c(OC(N)=O)c1C(=O)N1Cc2ccc(CN3CCN(C)CC3)cc2C1. The molecule has 2 aromatic carbocycles. The summed E-state index contributed by atoms with van der Waals surface area (Å²) in [5.41, 5.74) is 9.31. The summed E-state index contributed by atoms with van der Waals surface area (Å²) in [5.74, 6) is -0.574. The van der Waals surface area contributed by atoms with Crippen molar-refractivity contribution >= 4 is 18.2 Å². The molecule has 1 fully saturated rings. The maximum atomic E-state index is 14.2. The first-order chi connectivity index (χ1) is 19.8. The average Bonchev–Trinajstić information content (AvgIpc) is 3.32. The minimum absolute atomic E-state index is 0.00626. The Hall–Kier alpha value is -3.63. The van der Waals surface area contributed by atoms with Crippen molar-refractivity contribution in [3.63, 3.8) is 0 Å². The standard InChI is InChI=1S/C32H44N4O6/c1-8-32(5,6)42-31(39)40-25-15-21(4)26(20(2)3)28(41-30(33)38)27(25)29(37)36-18-23-10-9-22(16-24(23)19-36)17-35-13-11-34(7)12-14-35/h9-10,15-16,20H,8,11-14,17-19H2,1-7H3,(H2,33,38). The van der Waals surface area contributed by atoms with Crippen LogP contribution in [0.5, 0.6) is 11.5 Å². The Kier molecular flexibility index (Phi) is 9.47. The lowest BCUT2D eigenvalue weighted by Gasteiger charge is -2.32. The molecule has 2 aromatic rings. The minimum Gasteiger partial charge on any atom is -0.428 e. The smallest absolute Gasteiger partial charge is 0.428 e. The maximum absolute atomic E-state index is 14.2. The molecule has 2 amide bonds. The van der Waals surface area contributed by atoms with Crippen molar-refractivity contribution in [2.75, 3.05) is 33.2 Å². The number of nitrogens with zero attached hydrogens (tertiary/aromatic N) is 3. The number of likely N-dealkylation sites (N-methyl/N-ethyl adjacent to an activating group) is 1. The van der Waals surface area contributed by atoms with E-state index in [1.807, 2.05) is 20.8 Å². The predicted molar refractivity (Wildman–Crippen MR) is 160 cm³/mol. The first-order valence-corrected chi connectivity index (χ1v) is 14.6. The van der Waals surface area contributed by atoms with E-state index in [9.17, 15) is 14.4 Å². The molecule has 1 saturated heterocycles. The van der Waals surface area contributed by atoms with E-state index in [1.54, 1.807) is 31.7 Å². The number of ether oxygens (including phenoxy) is 3. The van der Waals surface area contributed by atoms with Gasteiger partial charge in [-0.25, -0.2) is 9.59 Å². The van der Waals surface area contributed by atoms with Gasteiger partial charge in [0.2, 0.25) is 0 Å². The van der Waals surface area contributed by atoms with Crippen molar-refractivity contribution in [2.24, 2.45) is 5.73 Å². The van der Waals surface area contributed by atoms with E-state index in [1.165, 1.54) is 5.56 Å². The molecule has 10 heteroatoms. The topological polar surface area (TPSA) is 115 Å². The lowest BCUT2D eigenvalue weighted by molar-refractivity contribution is 0.00688. The average molecular weight is 581 g/mol. The van der Waals surface area contributed by atoms with E-state index < -0.39 is 23.8 Å². The van der Waals surface area contributed by atoms with Crippen LogP contribution in [-0.2, 0) is 24.4 Å². The number of carbonyl (C=O) groups is 3. The van der Waals surface area contributed by atoms with E-state index in [0.29, 0.717) is 30.6 Å². The Morgan fingerprint density at radius 2 is 1.67 bits per heavy atom. The van der Waals surface area contributed by atoms with Crippen molar-refractivity contribution in [1.82, 2.24) is 14.7 Å². The van der Waals surface area contributed by atoms with E-state index in [-0.39, 0.29) is 23.0 Å². The zero-order valence-electron chi connectivity index (χ0n) is 25.9. The number of rotatable bonds is 8. The maximum Gasteiger partial charge on any atom is 0.514 e. The fourth-order valence-corrected chi connectivity index (χ4v) is 5.50. The highest BCUT2D eigenvalue weighted by molar-refractivity contribution is 6.02. The van der Waals surface area contributed by atoms with Gasteiger partial charge in [0.25, 0.3) is 5.91 Å². The third-order valence-corrected chi connectivity index (χ3v) is 8.17. The predicted octanol–water partition coefficient (Wildman–Crippen LogP) is 5.18. The zero-order valence-corrected chi connectivity index (χ0v) is 25.9.